The molecule has 0 saturated carbocycles. The third-order valence-corrected chi connectivity index (χ3v) is 6.99. The summed E-state index contributed by atoms with van der Waals surface area (Å²) in [5.41, 5.74) is 3.65. The van der Waals surface area contributed by atoms with E-state index in [0.717, 1.165) is 54.0 Å². The number of amides is 1. The molecule has 1 saturated heterocycles. The Balaban J connectivity index is 1.28. The van der Waals surface area contributed by atoms with Crippen LogP contribution in [0.5, 0.6) is 0 Å². The van der Waals surface area contributed by atoms with Crippen molar-refractivity contribution in [2.75, 3.05) is 23.8 Å². The van der Waals surface area contributed by atoms with Gasteiger partial charge in [0.15, 0.2) is 4.34 Å². The molecule has 1 aromatic carbocycles. The number of benzene rings is 1. The minimum atomic E-state index is -0.239. The first-order valence-electron chi connectivity index (χ1n) is 9.46. The molecule has 6 nitrogen and oxygen atoms in total. The van der Waals surface area contributed by atoms with Crippen molar-refractivity contribution in [2.24, 2.45) is 0 Å². The summed E-state index contributed by atoms with van der Waals surface area (Å²) in [6.07, 6.45) is 5.95. The summed E-state index contributed by atoms with van der Waals surface area (Å²) in [7, 11) is 0. The molecule has 8 heteroatoms. The van der Waals surface area contributed by atoms with Gasteiger partial charge in [-0.3, -0.25) is 4.79 Å². The van der Waals surface area contributed by atoms with E-state index in [4.69, 9.17) is 4.74 Å². The molecule has 2 N–H and O–H groups in total. The summed E-state index contributed by atoms with van der Waals surface area (Å²) in [4.78, 5) is 12.5. The zero-order chi connectivity index (χ0) is 18.6. The third kappa shape index (κ3) is 4.80. The molecule has 0 spiro atoms. The first-order valence-corrected chi connectivity index (χ1v) is 11.2. The van der Waals surface area contributed by atoms with Gasteiger partial charge in [0.05, 0.1) is 11.4 Å². The number of carbonyl (C=O) groups is 1. The average molecular weight is 405 g/mol. The Kier molecular flexibility index (Phi) is 5.95. The van der Waals surface area contributed by atoms with Crippen LogP contribution in [0.15, 0.2) is 22.5 Å². The second-order valence-electron chi connectivity index (χ2n) is 6.98. The van der Waals surface area contributed by atoms with Crippen LogP contribution < -0.4 is 10.6 Å². The number of ether oxygens (including phenoxy) is 1. The van der Waals surface area contributed by atoms with Crippen LogP contribution in [0.4, 0.5) is 10.8 Å². The monoisotopic (exact) mass is 404 g/mol. The fraction of sp³-hybridized carbons (Fsp3) is 0.526. The maximum atomic E-state index is 12.5. The quantitative estimate of drug-likeness (QED) is 0.685. The molecule has 1 amide bonds. The van der Waals surface area contributed by atoms with Gasteiger partial charge in [0.1, 0.15) is 0 Å². The molecule has 2 aromatic rings. The van der Waals surface area contributed by atoms with Gasteiger partial charge >= 0.3 is 0 Å². The van der Waals surface area contributed by atoms with Crippen molar-refractivity contribution >= 4 is 39.8 Å². The first kappa shape index (κ1) is 18.7. The third-order valence-electron chi connectivity index (χ3n) is 4.92. The maximum absolute atomic E-state index is 12.5. The van der Waals surface area contributed by atoms with Crippen molar-refractivity contribution in [2.45, 2.75) is 54.7 Å². The van der Waals surface area contributed by atoms with E-state index < -0.39 is 0 Å². The van der Waals surface area contributed by atoms with Crippen molar-refractivity contribution in [3.8, 4) is 0 Å². The van der Waals surface area contributed by atoms with Crippen molar-refractivity contribution in [1.82, 2.24) is 10.2 Å². The van der Waals surface area contributed by atoms with Crippen LogP contribution in [0.2, 0.25) is 0 Å². The zero-order valence-electron chi connectivity index (χ0n) is 15.4. The van der Waals surface area contributed by atoms with Gasteiger partial charge in [-0.05, 0) is 62.3 Å². The van der Waals surface area contributed by atoms with Gasteiger partial charge in [-0.2, -0.15) is 0 Å². The number of aryl methyl sites for hydroxylation is 2. The average Bonchev–Trinajstić information content (AvgIpc) is 3.41. The number of carbonyl (C=O) groups excluding carboxylic acids is 1. The molecule has 2 atom stereocenters. The molecule has 4 rings (SSSR count). The maximum Gasteiger partial charge on any atom is 0.237 e. The smallest absolute Gasteiger partial charge is 0.237 e. The SMILES string of the molecule is C[C@H](Sc1nnc(NC[C@@H]2CCCO2)s1)C(=O)Nc1ccc2c(c1)CCC2. The highest BCUT2D eigenvalue weighted by molar-refractivity contribution is 8.02. The summed E-state index contributed by atoms with van der Waals surface area (Å²) in [5.74, 6) is -0.0120. The summed E-state index contributed by atoms with van der Waals surface area (Å²) in [5, 5.41) is 15.2. The van der Waals surface area contributed by atoms with E-state index in [1.807, 2.05) is 13.0 Å². The Morgan fingerprint density at radius 1 is 1.33 bits per heavy atom. The highest BCUT2D eigenvalue weighted by Crippen LogP contribution is 2.30. The molecule has 1 aliphatic carbocycles. The zero-order valence-corrected chi connectivity index (χ0v) is 17.0. The van der Waals surface area contributed by atoms with Gasteiger partial charge in [0, 0.05) is 18.8 Å². The number of aromatic nitrogens is 2. The Hall–Kier alpha value is -1.64. The molecule has 2 aliphatic rings. The largest absolute Gasteiger partial charge is 0.376 e. The van der Waals surface area contributed by atoms with Crippen LogP contribution in [-0.4, -0.2) is 40.6 Å². The number of thioether (sulfide) groups is 1. The van der Waals surface area contributed by atoms with Crippen LogP contribution in [0.25, 0.3) is 0 Å². The molecular formula is C19H24N4O2S2. The minimum absolute atomic E-state index is 0.0120. The Labute approximate surface area is 167 Å². The lowest BCUT2D eigenvalue weighted by molar-refractivity contribution is -0.115. The van der Waals surface area contributed by atoms with E-state index in [9.17, 15) is 4.79 Å². The fourth-order valence-electron chi connectivity index (χ4n) is 3.43. The predicted octanol–water partition coefficient (Wildman–Crippen LogP) is 3.74. The van der Waals surface area contributed by atoms with Gasteiger partial charge in [-0.25, -0.2) is 0 Å². The van der Waals surface area contributed by atoms with Crippen LogP contribution in [0, 0.1) is 0 Å². The number of nitrogens with one attached hydrogen (secondary N) is 2. The highest BCUT2D eigenvalue weighted by atomic mass is 32.2. The van der Waals surface area contributed by atoms with Gasteiger partial charge in [-0.1, -0.05) is 29.2 Å². The van der Waals surface area contributed by atoms with E-state index in [-0.39, 0.29) is 17.3 Å². The first-order chi connectivity index (χ1) is 13.2. The lowest BCUT2D eigenvalue weighted by Crippen LogP contribution is -2.22. The van der Waals surface area contributed by atoms with Crippen molar-refractivity contribution in [1.29, 1.82) is 0 Å². The molecule has 27 heavy (non-hydrogen) atoms. The number of rotatable bonds is 7. The number of fused-ring (bicyclic) bond motifs is 1. The van der Waals surface area contributed by atoms with Crippen molar-refractivity contribution < 1.29 is 9.53 Å². The predicted molar refractivity (Wildman–Crippen MR) is 110 cm³/mol. The van der Waals surface area contributed by atoms with E-state index in [1.165, 1.54) is 40.6 Å². The second kappa shape index (κ2) is 8.58. The molecule has 0 bridgehead atoms. The molecule has 1 fully saturated rings. The Morgan fingerprint density at radius 2 is 2.22 bits per heavy atom. The van der Waals surface area contributed by atoms with E-state index in [0.29, 0.717) is 0 Å². The molecule has 0 radical (unpaired) electrons. The van der Waals surface area contributed by atoms with Crippen LogP contribution >= 0.6 is 23.1 Å². The summed E-state index contributed by atoms with van der Waals surface area (Å²) in [6.45, 7) is 3.50. The van der Waals surface area contributed by atoms with Crippen LogP contribution in [-0.2, 0) is 22.4 Å². The number of hydrogen-bond donors (Lipinski definition) is 2. The van der Waals surface area contributed by atoms with Gasteiger partial charge in [0.2, 0.25) is 11.0 Å². The standard InChI is InChI=1S/C19H24N4O2S2/c1-12(17(24)21-15-8-7-13-4-2-5-14(13)10-15)26-19-23-22-18(27-19)20-11-16-6-3-9-25-16/h7-8,10,12,16H,2-6,9,11H2,1H3,(H,20,22)(H,21,24)/t12-,16-/m0/s1. The van der Waals surface area contributed by atoms with Gasteiger partial charge in [-0.15, -0.1) is 10.2 Å². The molecule has 1 aliphatic heterocycles. The number of anilines is 2. The fourth-order valence-corrected chi connectivity index (χ4v) is 5.34. The topological polar surface area (TPSA) is 76.1 Å². The lowest BCUT2D eigenvalue weighted by atomic mass is 10.1. The summed E-state index contributed by atoms with van der Waals surface area (Å²) >= 11 is 2.92. The van der Waals surface area contributed by atoms with Gasteiger partial charge < -0.3 is 15.4 Å². The number of hydrogen-bond acceptors (Lipinski definition) is 7. The lowest BCUT2D eigenvalue weighted by Gasteiger charge is -2.11. The Bertz CT molecular complexity index is 805. The summed E-state index contributed by atoms with van der Waals surface area (Å²) in [6, 6.07) is 6.24. The highest BCUT2D eigenvalue weighted by Gasteiger charge is 2.19. The van der Waals surface area contributed by atoms with Crippen LogP contribution in [0.3, 0.4) is 0 Å². The minimum Gasteiger partial charge on any atom is -0.376 e. The number of nitrogens with zero attached hydrogens (tertiary/aromatic N) is 2. The molecular weight excluding hydrogens is 380 g/mol. The van der Waals surface area contributed by atoms with E-state index in [1.54, 1.807) is 0 Å². The normalized spacial score (nSPS) is 19.7. The second-order valence-corrected chi connectivity index (χ2v) is 9.54. The van der Waals surface area contributed by atoms with E-state index in [2.05, 4.69) is 33.0 Å². The molecule has 1 aromatic heterocycles. The molecule has 144 valence electrons. The van der Waals surface area contributed by atoms with Crippen LogP contribution in [0.1, 0.15) is 37.3 Å². The molecule has 0 unspecified atom stereocenters. The van der Waals surface area contributed by atoms with Crippen molar-refractivity contribution in [3.63, 3.8) is 0 Å². The van der Waals surface area contributed by atoms with E-state index >= 15 is 0 Å². The van der Waals surface area contributed by atoms with Crippen molar-refractivity contribution in [3.05, 3.63) is 29.3 Å². The van der Waals surface area contributed by atoms with Gasteiger partial charge in [0.25, 0.3) is 0 Å². The Morgan fingerprint density at radius 3 is 3.07 bits per heavy atom. The summed E-state index contributed by atoms with van der Waals surface area (Å²) < 4.78 is 6.39. The molecule has 2 heterocycles.